The Hall–Kier alpha value is -2.34. The van der Waals surface area contributed by atoms with Crippen molar-refractivity contribution in [3.63, 3.8) is 0 Å². The molecule has 0 aromatic heterocycles. The smallest absolute Gasteiger partial charge is 0.0599 e. The largest absolute Gasteiger partial charge is 0.302 e. The van der Waals surface area contributed by atoms with Crippen molar-refractivity contribution in [2.75, 3.05) is 33.7 Å². The van der Waals surface area contributed by atoms with Crippen LogP contribution in [0.2, 0.25) is 0 Å². The van der Waals surface area contributed by atoms with E-state index >= 15 is 0 Å². The molecular formula is C23H28N2. The van der Waals surface area contributed by atoms with Crippen LogP contribution in [-0.2, 0) is 6.54 Å². The molecule has 0 bridgehead atoms. The summed E-state index contributed by atoms with van der Waals surface area (Å²) in [6.45, 7) is 3.89. The SMILES string of the molecule is C#CCN(C)Cc1ccccc1.CN1CC=C(c2ccccc2)CC1. The second kappa shape index (κ2) is 10.5. The van der Waals surface area contributed by atoms with E-state index in [0.717, 1.165) is 13.1 Å². The standard InChI is InChI=1S/C12H15N.C11H13N/c1-13-9-7-12(8-10-13)11-5-3-2-4-6-11;1-3-9-12(2)10-11-7-5-4-6-8-11/h2-7H,8-10H2,1H3;1,4-8H,9-10H2,2H3. The minimum Gasteiger partial charge on any atom is -0.302 e. The Morgan fingerprint density at radius 3 is 2.24 bits per heavy atom. The van der Waals surface area contributed by atoms with Gasteiger partial charge in [-0.2, -0.15) is 0 Å². The van der Waals surface area contributed by atoms with Gasteiger partial charge in [0.05, 0.1) is 6.54 Å². The van der Waals surface area contributed by atoms with Crippen molar-refractivity contribution < 1.29 is 0 Å². The van der Waals surface area contributed by atoms with Crippen LogP contribution in [0.5, 0.6) is 0 Å². The molecule has 25 heavy (non-hydrogen) atoms. The van der Waals surface area contributed by atoms with Gasteiger partial charge in [0.2, 0.25) is 0 Å². The molecule has 1 aliphatic rings. The van der Waals surface area contributed by atoms with Crippen molar-refractivity contribution >= 4 is 5.57 Å². The van der Waals surface area contributed by atoms with Crippen molar-refractivity contribution in [1.82, 2.24) is 9.80 Å². The van der Waals surface area contributed by atoms with Gasteiger partial charge in [0.1, 0.15) is 0 Å². The molecule has 1 aliphatic heterocycles. The van der Waals surface area contributed by atoms with Crippen molar-refractivity contribution in [3.8, 4) is 12.3 Å². The first-order valence-corrected chi connectivity index (χ1v) is 8.78. The molecule has 0 N–H and O–H groups in total. The van der Waals surface area contributed by atoms with Gasteiger partial charge in [-0.05, 0) is 37.2 Å². The minimum absolute atomic E-state index is 0.703. The monoisotopic (exact) mass is 332 g/mol. The maximum atomic E-state index is 5.19. The van der Waals surface area contributed by atoms with Crippen LogP contribution in [0.15, 0.2) is 66.7 Å². The molecule has 0 fully saturated rings. The van der Waals surface area contributed by atoms with Crippen LogP contribution in [0.1, 0.15) is 17.5 Å². The zero-order chi connectivity index (χ0) is 17.9. The van der Waals surface area contributed by atoms with E-state index in [4.69, 9.17) is 6.42 Å². The highest BCUT2D eigenvalue weighted by Crippen LogP contribution is 2.20. The van der Waals surface area contributed by atoms with Crippen LogP contribution in [0.4, 0.5) is 0 Å². The van der Waals surface area contributed by atoms with E-state index < -0.39 is 0 Å². The average molecular weight is 332 g/mol. The first-order chi connectivity index (χ1) is 12.2. The minimum atomic E-state index is 0.703. The molecule has 0 spiro atoms. The normalized spacial score (nSPS) is 14.2. The second-order valence-electron chi connectivity index (χ2n) is 6.47. The maximum Gasteiger partial charge on any atom is 0.0599 e. The number of hydrogen-bond donors (Lipinski definition) is 0. The molecular weight excluding hydrogens is 304 g/mol. The van der Waals surface area contributed by atoms with Crippen molar-refractivity contribution in [2.24, 2.45) is 0 Å². The lowest BCUT2D eigenvalue weighted by atomic mass is 10.00. The average Bonchev–Trinajstić information content (AvgIpc) is 2.65. The molecule has 2 aromatic rings. The van der Waals surface area contributed by atoms with Gasteiger partial charge in [-0.3, -0.25) is 4.90 Å². The predicted molar refractivity (Wildman–Crippen MR) is 108 cm³/mol. The summed E-state index contributed by atoms with van der Waals surface area (Å²) in [7, 11) is 4.19. The maximum absolute atomic E-state index is 5.19. The molecule has 0 saturated heterocycles. The summed E-state index contributed by atoms with van der Waals surface area (Å²) in [5, 5.41) is 0. The first kappa shape index (κ1) is 19.0. The highest BCUT2D eigenvalue weighted by Gasteiger charge is 2.08. The Balaban J connectivity index is 0.000000181. The lowest BCUT2D eigenvalue weighted by Crippen LogP contribution is -2.23. The third-order valence-corrected chi connectivity index (χ3v) is 4.21. The molecule has 2 aromatic carbocycles. The Bertz CT molecular complexity index is 683. The summed E-state index contributed by atoms with van der Waals surface area (Å²) in [6.07, 6.45) is 8.70. The molecule has 2 nitrogen and oxygen atoms in total. The van der Waals surface area contributed by atoms with E-state index in [2.05, 4.69) is 71.3 Å². The molecule has 1 heterocycles. The van der Waals surface area contributed by atoms with Gasteiger partial charge in [-0.15, -0.1) is 6.42 Å². The van der Waals surface area contributed by atoms with E-state index in [1.54, 1.807) is 0 Å². The molecule has 0 atom stereocenters. The van der Waals surface area contributed by atoms with Crippen molar-refractivity contribution in [3.05, 3.63) is 77.9 Å². The van der Waals surface area contributed by atoms with E-state index in [1.807, 2.05) is 25.2 Å². The van der Waals surface area contributed by atoms with Gasteiger partial charge in [-0.1, -0.05) is 72.7 Å². The van der Waals surface area contributed by atoms with E-state index in [0.29, 0.717) is 6.54 Å². The fourth-order valence-corrected chi connectivity index (χ4v) is 2.79. The summed E-state index contributed by atoms with van der Waals surface area (Å²) in [4.78, 5) is 4.45. The third-order valence-electron chi connectivity index (χ3n) is 4.21. The highest BCUT2D eigenvalue weighted by molar-refractivity contribution is 5.66. The lowest BCUT2D eigenvalue weighted by molar-refractivity contribution is 0.369. The van der Waals surface area contributed by atoms with Gasteiger partial charge < -0.3 is 4.90 Å². The van der Waals surface area contributed by atoms with Gasteiger partial charge in [0.15, 0.2) is 0 Å². The van der Waals surface area contributed by atoms with Crippen LogP contribution in [0.3, 0.4) is 0 Å². The molecule has 0 radical (unpaired) electrons. The Morgan fingerprint density at radius 2 is 1.68 bits per heavy atom. The van der Waals surface area contributed by atoms with Crippen molar-refractivity contribution in [1.29, 1.82) is 0 Å². The van der Waals surface area contributed by atoms with Gasteiger partial charge in [-0.25, -0.2) is 0 Å². The first-order valence-electron chi connectivity index (χ1n) is 8.78. The topological polar surface area (TPSA) is 6.48 Å². The quantitative estimate of drug-likeness (QED) is 0.776. The Labute approximate surface area is 152 Å². The van der Waals surface area contributed by atoms with E-state index in [-0.39, 0.29) is 0 Å². The Kier molecular flexibility index (Phi) is 7.98. The zero-order valence-electron chi connectivity index (χ0n) is 15.4. The van der Waals surface area contributed by atoms with E-state index in [9.17, 15) is 0 Å². The molecule has 130 valence electrons. The molecule has 0 unspecified atom stereocenters. The number of benzene rings is 2. The van der Waals surface area contributed by atoms with Gasteiger partial charge in [0.25, 0.3) is 0 Å². The molecule has 0 aliphatic carbocycles. The molecule has 3 rings (SSSR count). The summed E-state index contributed by atoms with van der Waals surface area (Å²) < 4.78 is 0. The Morgan fingerprint density at radius 1 is 1.04 bits per heavy atom. The number of terminal acetylenes is 1. The lowest BCUT2D eigenvalue weighted by Gasteiger charge is -2.21. The molecule has 0 amide bonds. The predicted octanol–water partition coefficient (Wildman–Crippen LogP) is 4.16. The van der Waals surface area contributed by atoms with Crippen LogP contribution in [-0.4, -0.2) is 43.5 Å². The van der Waals surface area contributed by atoms with Crippen LogP contribution >= 0.6 is 0 Å². The third kappa shape index (κ3) is 6.97. The van der Waals surface area contributed by atoms with Crippen LogP contribution < -0.4 is 0 Å². The molecule has 2 heteroatoms. The van der Waals surface area contributed by atoms with E-state index in [1.165, 1.54) is 29.7 Å². The van der Waals surface area contributed by atoms with Gasteiger partial charge in [0, 0.05) is 19.6 Å². The summed E-state index contributed by atoms with van der Waals surface area (Å²) >= 11 is 0. The summed E-state index contributed by atoms with van der Waals surface area (Å²) in [6, 6.07) is 21.0. The van der Waals surface area contributed by atoms with Crippen LogP contribution in [0.25, 0.3) is 5.57 Å². The summed E-state index contributed by atoms with van der Waals surface area (Å²) in [5.41, 5.74) is 4.18. The number of rotatable bonds is 4. The summed E-state index contributed by atoms with van der Waals surface area (Å²) in [5.74, 6) is 2.61. The highest BCUT2D eigenvalue weighted by atomic mass is 15.1. The number of likely N-dealkylation sites (N-methyl/N-ethyl adjacent to an activating group) is 1. The fraction of sp³-hybridized carbons (Fsp3) is 0.304. The van der Waals surface area contributed by atoms with Gasteiger partial charge >= 0.3 is 0 Å². The van der Waals surface area contributed by atoms with Crippen LogP contribution in [0, 0.1) is 12.3 Å². The number of hydrogen-bond acceptors (Lipinski definition) is 2. The molecule has 0 saturated carbocycles. The van der Waals surface area contributed by atoms with Crippen molar-refractivity contribution in [2.45, 2.75) is 13.0 Å². The fourth-order valence-electron chi connectivity index (χ4n) is 2.79. The zero-order valence-corrected chi connectivity index (χ0v) is 15.4. The second-order valence-corrected chi connectivity index (χ2v) is 6.47. The number of nitrogens with zero attached hydrogens (tertiary/aromatic N) is 2.